The molecule has 0 bridgehead atoms. The minimum absolute atomic E-state index is 0.0526. The normalized spacial score (nSPS) is 10.2. The van der Waals surface area contributed by atoms with Crippen LogP contribution in [0.2, 0.25) is 0 Å². The second-order valence-electron chi connectivity index (χ2n) is 3.16. The molecule has 1 rings (SSSR count). The molecule has 0 heterocycles. The van der Waals surface area contributed by atoms with Gasteiger partial charge in [0.2, 0.25) is 5.91 Å². The van der Waals surface area contributed by atoms with Gasteiger partial charge in [0.05, 0.1) is 6.54 Å². The first-order chi connectivity index (χ1) is 7.22. The summed E-state index contributed by atoms with van der Waals surface area (Å²) in [4.78, 5) is 21.1. The molecule has 0 atom stereocenters. The highest BCUT2D eigenvalue weighted by Crippen LogP contribution is 2.04. The molecule has 0 aromatic heterocycles. The SMILES string of the molecule is Cc1ccc(/C=C/C(=O)NCC=O)cc1. The summed E-state index contributed by atoms with van der Waals surface area (Å²) < 4.78 is 0. The Balaban J connectivity index is 2.53. The average molecular weight is 203 g/mol. The molecule has 3 heteroatoms. The molecule has 0 unspecified atom stereocenters. The van der Waals surface area contributed by atoms with Crippen molar-refractivity contribution in [3.63, 3.8) is 0 Å². The van der Waals surface area contributed by atoms with Crippen LogP contribution in [-0.2, 0) is 9.59 Å². The van der Waals surface area contributed by atoms with Gasteiger partial charge in [0.25, 0.3) is 0 Å². The molecule has 15 heavy (non-hydrogen) atoms. The molecule has 0 saturated carbocycles. The van der Waals surface area contributed by atoms with Crippen LogP contribution in [0, 0.1) is 6.92 Å². The Morgan fingerprint density at radius 2 is 2.00 bits per heavy atom. The maximum atomic E-state index is 11.1. The molecule has 0 spiro atoms. The standard InChI is InChI=1S/C12H13NO2/c1-10-2-4-11(5-3-10)6-7-12(15)13-8-9-14/h2-7,9H,8H2,1H3,(H,13,15)/b7-6+. The first-order valence-corrected chi connectivity index (χ1v) is 4.68. The van der Waals surface area contributed by atoms with Gasteiger partial charge in [-0.2, -0.15) is 0 Å². The number of rotatable bonds is 4. The van der Waals surface area contributed by atoms with E-state index in [-0.39, 0.29) is 12.5 Å². The molecular formula is C12H13NO2. The number of hydrogen-bond donors (Lipinski definition) is 1. The van der Waals surface area contributed by atoms with E-state index in [1.807, 2.05) is 31.2 Å². The summed E-state index contributed by atoms with van der Waals surface area (Å²) in [7, 11) is 0. The highest BCUT2D eigenvalue weighted by molar-refractivity contribution is 5.92. The molecule has 1 aromatic carbocycles. The monoisotopic (exact) mass is 203 g/mol. The van der Waals surface area contributed by atoms with Crippen molar-refractivity contribution in [2.45, 2.75) is 6.92 Å². The quantitative estimate of drug-likeness (QED) is 0.592. The Morgan fingerprint density at radius 3 is 2.60 bits per heavy atom. The fourth-order valence-electron chi connectivity index (χ4n) is 1.05. The summed E-state index contributed by atoms with van der Waals surface area (Å²) in [6.45, 7) is 2.06. The molecule has 1 aromatic rings. The number of carbonyl (C=O) groups excluding carboxylic acids is 2. The summed E-state index contributed by atoms with van der Waals surface area (Å²) in [5, 5.41) is 2.42. The lowest BCUT2D eigenvalue weighted by Gasteiger charge is -1.95. The number of nitrogens with one attached hydrogen (secondary N) is 1. The molecule has 0 aliphatic rings. The van der Waals surface area contributed by atoms with Crippen molar-refractivity contribution in [1.29, 1.82) is 0 Å². The Kier molecular flexibility index (Phi) is 4.29. The highest BCUT2D eigenvalue weighted by atomic mass is 16.2. The minimum Gasteiger partial charge on any atom is -0.346 e. The van der Waals surface area contributed by atoms with Crippen LogP contribution in [-0.4, -0.2) is 18.7 Å². The van der Waals surface area contributed by atoms with E-state index in [1.165, 1.54) is 11.6 Å². The van der Waals surface area contributed by atoms with Crippen molar-refractivity contribution in [2.24, 2.45) is 0 Å². The molecule has 0 radical (unpaired) electrons. The first-order valence-electron chi connectivity index (χ1n) is 4.68. The molecule has 1 amide bonds. The summed E-state index contributed by atoms with van der Waals surface area (Å²) in [6.07, 6.45) is 3.77. The second kappa shape index (κ2) is 5.75. The van der Waals surface area contributed by atoms with Gasteiger partial charge in [-0.15, -0.1) is 0 Å². The van der Waals surface area contributed by atoms with Crippen LogP contribution in [0.5, 0.6) is 0 Å². The number of carbonyl (C=O) groups is 2. The lowest BCUT2D eigenvalue weighted by molar-refractivity contribution is -0.118. The lowest BCUT2D eigenvalue weighted by atomic mass is 10.1. The predicted molar refractivity (Wildman–Crippen MR) is 59.3 cm³/mol. The molecule has 0 fully saturated rings. The van der Waals surface area contributed by atoms with E-state index >= 15 is 0 Å². The van der Waals surface area contributed by atoms with Crippen LogP contribution >= 0.6 is 0 Å². The van der Waals surface area contributed by atoms with Crippen LogP contribution in [0.25, 0.3) is 6.08 Å². The number of amides is 1. The van der Waals surface area contributed by atoms with Gasteiger partial charge in [0.1, 0.15) is 6.29 Å². The van der Waals surface area contributed by atoms with Crippen molar-refractivity contribution in [1.82, 2.24) is 5.32 Å². The van der Waals surface area contributed by atoms with Crippen molar-refractivity contribution in [2.75, 3.05) is 6.54 Å². The molecular weight excluding hydrogens is 190 g/mol. The van der Waals surface area contributed by atoms with E-state index < -0.39 is 0 Å². The van der Waals surface area contributed by atoms with Gasteiger partial charge < -0.3 is 10.1 Å². The van der Waals surface area contributed by atoms with Crippen LogP contribution in [0.1, 0.15) is 11.1 Å². The smallest absolute Gasteiger partial charge is 0.244 e. The van der Waals surface area contributed by atoms with Gasteiger partial charge in [-0.05, 0) is 18.6 Å². The summed E-state index contributed by atoms with van der Waals surface area (Å²) >= 11 is 0. The van der Waals surface area contributed by atoms with E-state index in [4.69, 9.17) is 0 Å². The van der Waals surface area contributed by atoms with Gasteiger partial charge in [-0.25, -0.2) is 0 Å². The van der Waals surface area contributed by atoms with E-state index in [9.17, 15) is 9.59 Å². The maximum Gasteiger partial charge on any atom is 0.244 e. The van der Waals surface area contributed by atoms with E-state index in [1.54, 1.807) is 6.08 Å². The molecule has 3 nitrogen and oxygen atoms in total. The Morgan fingerprint density at radius 1 is 1.33 bits per heavy atom. The summed E-state index contributed by atoms with van der Waals surface area (Å²) in [5.74, 6) is -0.261. The van der Waals surface area contributed by atoms with Crippen molar-refractivity contribution in [3.8, 4) is 0 Å². The fraction of sp³-hybridized carbons (Fsp3) is 0.167. The van der Waals surface area contributed by atoms with Gasteiger partial charge in [0.15, 0.2) is 0 Å². The van der Waals surface area contributed by atoms with Crippen molar-refractivity contribution in [3.05, 3.63) is 41.5 Å². The number of benzene rings is 1. The molecule has 78 valence electrons. The van der Waals surface area contributed by atoms with Crippen LogP contribution in [0.15, 0.2) is 30.3 Å². The largest absolute Gasteiger partial charge is 0.346 e. The van der Waals surface area contributed by atoms with E-state index in [2.05, 4.69) is 5.32 Å². The number of hydrogen-bond acceptors (Lipinski definition) is 2. The van der Waals surface area contributed by atoms with Crippen LogP contribution in [0.3, 0.4) is 0 Å². The van der Waals surface area contributed by atoms with Crippen LogP contribution < -0.4 is 5.32 Å². The third kappa shape index (κ3) is 4.22. The number of aryl methyl sites for hydroxylation is 1. The summed E-state index contributed by atoms with van der Waals surface area (Å²) in [5.41, 5.74) is 2.14. The third-order valence-corrected chi connectivity index (χ3v) is 1.86. The van der Waals surface area contributed by atoms with Crippen molar-refractivity contribution >= 4 is 18.3 Å². The third-order valence-electron chi connectivity index (χ3n) is 1.86. The Bertz CT molecular complexity index is 366. The topological polar surface area (TPSA) is 46.2 Å². The van der Waals surface area contributed by atoms with Gasteiger partial charge >= 0.3 is 0 Å². The minimum atomic E-state index is -0.261. The van der Waals surface area contributed by atoms with Gasteiger partial charge in [-0.3, -0.25) is 4.79 Å². The van der Waals surface area contributed by atoms with Gasteiger partial charge in [-0.1, -0.05) is 29.8 Å². The zero-order valence-corrected chi connectivity index (χ0v) is 8.57. The zero-order chi connectivity index (χ0) is 11.1. The maximum absolute atomic E-state index is 11.1. The van der Waals surface area contributed by atoms with E-state index in [0.717, 1.165) is 5.56 Å². The molecule has 0 aliphatic carbocycles. The molecule has 1 N–H and O–H groups in total. The predicted octanol–water partition coefficient (Wildman–Crippen LogP) is 1.32. The van der Waals surface area contributed by atoms with E-state index in [0.29, 0.717) is 6.29 Å². The lowest BCUT2D eigenvalue weighted by Crippen LogP contribution is -2.22. The molecule has 0 aliphatic heterocycles. The Labute approximate surface area is 88.8 Å². The van der Waals surface area contributed by atoms with Crippen LogP contribution in [0.4, 0.5) is 0 Å². The second-order valence-corrected chi connectivity index (χ2v) is 3.16. The zero-order valence-electron chi connectivity index (χ0n) is 8.57. The highest BCUT2D eigenvalue weighted by Gasteiger charge is 1.92. The average Bonchev–Trinajstić information content (AvgIpc) is 2.25. The molecule has 0 saturated heterocycles. The fourth-order valence-corrected chi connectivity index (χ4v) is 1.05. The van der Waals surface area contributed by atoms with Crippen molar-refractivity contribution < 1.29 is 9.59 Å². The number of aldehydes is 1. The summed E-state index contributed by atoms with van der Waals surface area (Å²) in [6, 6.07) is 7.81. The first kappa shape index (κ1) is 11.2. The Hall–Kier alpha value is -1.90. The van der Waals surface area contributed by atoms with Gasteiger partial charge in [0, 0.05) is 6.08 Å².